The van der Waals surface area contributed by atoms with E-state index in [4.69, 9.17) is 9.47 Å². The molecule has 1 aliphatic carbocycles. The number of anilines is 1. The number of likely N-dealkylation sites (tertiary alicyclic amines) is 1. The second kappa shape index (κ2) is 18.5. The summed E-state index contributed by atoms with van der Waals surface area (Å²) in [6, 6.07) is 31.9. The van der Waals surface area contributed by atoms with Gasteiger partial charge in [-0.2, -0.15) is 0 Å². The Morgan fingerprint density at radius 1 is 0.930 bits per heavy atom. The number of aliphatic hydroxyl groups excluding tert-OH is 1. The quantitative estimate of drug-likeness (QED) is 0.0765. The largest absolute Gasteiger partial charge is 0.506 e. The standard InChI is InChI=1S/C45H51N5O7/c1-49(23-21-46-27-41(52)37-15-17-40(51)44-38(37)16-18-42(53)48-44)43(54)20-24-56-34-13-11-30(12-14-34)19-22-50-28-32-25-35(26-33(32)29-50)57-45(55)47-39-10-6-5-9-36(39)31-7-3-2-4-8-31/h2-18,32-33,35,41,46,51-52H,19-29H2,1H3,(H,47,55)(H,48,53)/t32-,33+,35+,41-/m0/s1. The van der Waals surface area contributed by atoms with Gasteiger partial charge in [-0.3, -0.25) is 14.9 Å². The number of H-pyrrole nitrogens is 1. The van der Waals surface area contributed by atoms with Crippen LogP contribution in [-0.2, 0) is 16.0 Å². The van der Waals surface area contributed by atoms with Crippen molar-refractivity contribution in [3.63, 3.8) is 0 Å². The molecule has 2 heterocycles. The third kappa shape index (κ3) is 10.2. The number of carbonyl (C=O) groups excluding carboxylic acids is 2. The molecule has 7 rings (SSSR count). The van der Waals surface area contributed by atoms with Gasteiger partial charge < -0.3 is 39.8 Å². The van der Waals surface area contributed by atoms with Gasteiger partial charge in [0.2, 0.25) is 11.5 Å². The van der Waals surface area contributed by atoms with Crippen molar-refractivity contribution in [3.8, 4) is 22.6 Å². The number of benzene rings is 4. The van der Waals surface area contributed by atoms with E-state index >= 15 is 0 Å². The second-order valence-corrected chi connectivity index (χ2v) is 15.1. The molecule has 4 aromatic carbocycles. The fourth-order valence-electron chi connectivity index (χ4n) is 8.13. The molecular weight excluding hydrogens is 723 g/mol. The summed E-state index contributed by atoms with van der Waals surface area (Å²) >= 11 is 0. The minimum absolute atomic E-state index is 0.0383. The van der Waals surface area contributed by atoms with E-state index < -0.39 is 12.2 Å². The number of phenolic OH excluding ortho intramolecular Hbond substituents is 1. The molecule has 0 radical (unpaired) electrons. The first kappa shape index (κ1) is 39.5. The third-order valence-corrected chi connectivity index (χ3v) is 11.2. The Kier molecular flexibility index (Phi) is 12.8. The first-order valence-electron chi connectivity index (χ1n) is 19.7. The van der Waals surface area contributed by atoms with Gasteiger partial charge in [-0.25, -0.2) is 4.79 Å². The Morgan fingerprint density at radius 3 is 2.44 bits per heavy atom. The Hall–Kier alpha value is -5.69. The molecule has 1 saturated heterocycles. The van der Waals surface area contributed by atoms with Gasteiger partial charge in [0.25, 0.3) is 0 Å². The van der Waals surface area contributed by atoms with Crippen LogP contribution >= 0.6 is 0 Å². The van der Waals surface area contributed by atoms with Crippen LogP contribution in [0.1, 0.15) is 36.5 Å². The van der Waals surface area contributed by atoms with Crippen molar-refractivity contribution in [1.29, 1.82) is 0 Å². The molecule has 2 amide bonds. The Labute approximate surface area is 332 Å². The first-order chi connectivity index (χ1) is 27.7. The third-order valence-electron chi connectivity index (χ3n) is 11.2. The number of aromatic hydroxyl groups is 1. The highest BCUT2D eigenvalue weighted by molar-refractivity contribution is 5.91. The minimum atomic E-state index is -0.869. The van der Waals surface area contributed by atoms with Crippen LogP contribution in [0.5, 0.6) is 11.5 Å². The van der Waals surface area contributed by atoms with Crippen molar-refractivity contribution < 1.29 is 29.3 Å². The van der Waals surface area contributed by atoms with E-state index in [0.29, 0.717) is 35.9 Å². The highest BCUT2D eigenvalue weighted by Crippen LogP contribution is 2.40. The number of aliphatic hydroxyl groups is 1. The lowest BCUT2D eigenvalue weighted by Gasteiger charge is -2.20. The van der Waals surface area contributed by atoms with E-state index in [9.17, 15) is 24.6 Å². The zero-order valence-corrected chi connectivity index (χ0v) is 32.2. The molecule has 12 nitrogen and oxygen atoms in total. The Bertz CT molecular complexity index is 2180. The second-order valence-electron chi connectivity index (χ2n) is 15.1. The molecule has 5 aromatic rings. The number of phenols is 1. The van der Waals surface area contributed by atoms with Crippen LogP contribution in [0, 0.1) is 11.8 Å². The van der Waals surface area contributed by atoms with Crippen molar-refractivity contribution in [3.05, 3.63) is 125 Å². The van der Waals surface area contributed by atoms with E-state index in [1.807, 2.05) is 66.7 Å². The summed E-state index contributed by atoms with van der Waals surface area (Å²) in [7, 11) is 1.74. The summed E-state index contributed by atoms with van der Waals surface area (Å²) in [5.74, 6) is 1.70. The maximum Gasteiger partial charge on any atom is 0.411 e. The highest BCUT2D eigenvalue weighted by atomic mass is 16.6. The molecule has 1 saturated carbocycles. The van der Waals surface area contributed by atoms with Crippen molar-refractivity contribution in [1.82, 2.24) is 20.1 Å². The number of para-hydroxylation sites is 1. The van der Waals surface area contributed by atoms with Gasteiger partial charge in [0.1, 0.15) is 17.6 Å². The van der Waals surface area contributed by atoms with E-state index in [2.05, 4.69) is 32.7 Å². The van der Waals surface area contributed by atoms with Crippen molar-refractivity contribution in [2.45, 2.75) is 37.9 Å². The van der Waals surface area contributed by atoms with Gasteiger partial charge >= 0.3 is 6.09 Å². The number of ether oxygens (including phenoxy) is 2. The van der Waals surface area contributed by atoms with Crippen LogP contribution in [0.4, 0.5) is 10.5 Å². The maximum absolute atomic E-state index is 12.9. The van der Waals surface area contributed by atoms with Crippen molar-refractivity contribution in [2.24, 2.45) is 11.8 Å². The average Bonchev–Trinajstić information content (AvgIpc) is 3.78. The van der Waals surface area contributed by atoms with Crippen LogP contribution in [0.25, 0.3) is 22.0 Å². The van der Waals surface area contributed by atoms with Gasteiger partial charge in [0, 0.05) is 63.3 Å². The SMILES string of the molecule is CN(CCNC[C@H](O)c1ccc(O)c2[nH]c(=O)ccc12)C(=O)CCOc1ccc(CCN2C[C@H]3C[C@H](OC(=O)Nc4ccccc4-c4ccccc4)C[C@H]3C2)cc1. The number of aromatic amines is 1. The molecule has 1 aliphatic heterocycles. The molecule has 57 heavy (non-hydrogen) atoms. The lowest BCUT2D eigenvalue weighted by atomic mass is 10.0. The number of likely N-dealkylation sites (N-methyl/N-ethyl adjacent to an activating group) is 1. The predicted octanol–water partition coefficient (Wildman–Crippen LogP) is 5.95. The summed E-state index contributed by atoms with van der Waals surface area (Å²) in [6.45, 7) is 4.46. The van der Waals surface area contributed by atoms with Crippen LogP contribution in [0.15, 0.2) is 108 Å². The number of aromatic nitrogens is 1. The molecule has 0 bridgehead atoms. The normalized spacial score (nSPS) is 18.2. The van der Waals surface area contributed by atoms with Gasteiger partial charge in [-0.1, -0.05) is 66.7 Å². The fourth-order valence-corrected chi connectivity index (χ4v) is 8.13. The van der Waals surface area contributed by atoms with Gasteiger partial charge in [-0.15, -0.1) is 0 Å². The van der Waals surface area contributed by atoms with Crippen molar-refractivity contribution >= 4 is 28.6 Å². The summed E-state index contributed by atoms with van der Waals surface area (Å²) in [5, 5.41) is 27.6. The molecule has 298 valence electrons. The molecule has 4 atom stereocenters. The number of carbonyl (C=O) groups is 2. The molecule has 5 N–H and O–H groups in total. The Morgan fingerprint density at radius 2 is 1.67 bits per heavy atom. The molecule has 2 fully saturated rings. The summed E-state index contributed by atoms with van der Waals surface area (Å²) < 4.78 is 11.8. The minimum Gasteiger partial charge on any atom is -0.506 e. The van der Waals surface area contributed by atoms with E-state index in [0.717, 1.165) is 61.5 Å². The average molecular weight is 774 g/mol. The fraction of sp³-hybridized carbons (Fsp3) is 0.356. The van der Waals surface area contributed by atoms with Crippen LogP contribution in [0.3, 0.4) is 0 Å². The van der Waals surface area contributed by atoms with Gasteiger partial charge in [0.05, 0.1) is 30.3 Å². The van der Waals surface area contributed by atoms with E-state index in [-0.39, 0.29) is 48.4 Å². The topological polar surface area (TPSA) is 156 Å². The van der Waals surface area contributed by atoms with Gasteiger partial charge in [0.15, 0.2) is 0 Å². The van der Waals surface area contributed by atoms with Crippen molar-refractivity contribution in [2.75, 3.05) is 58.2 Å². The number of hydrogen-bond acceptors (Lipinski definition) is 9. The van der Waals surface area contributed by atoms with E-state index in [1.165, 1.54) is 17.7 Å². The van der Waals surface area contributed by atoms with Gasteiger partial charge in [-0.05, 0) is 78.1 Å². The lowest BCUT2D eigenvalue weighted by Crippen LogP contribution is -2.35. The van der Waals surface area contributed by atoms with Crippen LogP contribution in [-0.4, -0.2) is 96.0 Å². The van der Waals surface area contributed by atoms with E-state index in [1.54, 1.807) is 24.1 Å². The molecule has 0 unspecified atom stereocenters. The smallest absolute Gasteiger partial charge is 0.411 e. The summed E-state index contributed by atoms with van der Waals surface area (Å²) in [5.41, 5.74) is 4.53. The number of fused-ring (bicyclic) bond motifs is 2. The molecular formula is C45H51N5O7. The van der Waals surface area contributed by atoms with Crippen LogP contribution in [0.2, 0.25) is 0 Å². The lowest BCUT2D eigenvalue weighted by molar-refractivity contribution is -0.130. The number of hydrogen-bond donors (Lipinski definition) is 5. The zero-order chi connectivity index (χ0) is 39.7. The Balaban J connectivity index is 0.758. The molecule has 1 aromatic heterocycles. The monoisotopic (exact) mass is 773 g/mol. The number of pyridine rings is 1. The number of rotatable bonds is 16. The highest BCUT2D eigenvalue weighted by Gasteiger charge is 2.42. The molecule has 12 heteroatoms. The molecule has 0 spiro atoms. The zero-order valence-electron chi connectivity index (χ0n) is 32.2. The maximum atomic E-state index is 12.9. The summed E-state index contributed by atoms with van der Waals surface area (Å²) in [6.07, 6.45) is 1.64. The van der Waals surface area contributed by atoms with Crippen LogP contribution < -0.4 is 20.9 Å². The number of nitrogens with one attached hydrogen (secondary N) is 3. The number of amides is 2. The number of nitrogens with zero attached hydrogens (tertiary/aromatic N) is 2. The predicted molar refractivity (Wildman–Crippen MR) is 220 cm³/mol. The molecule has 2 aliphatic rings. The first-order valence-corrected chi connectivity index (χ1v) is 19.7. The summed E-state index contributed by atoms with van der Waals surface area (Å²) in [4.78, 5) is 44.0.